The van der Waals surface area contributed by atoms with Gasteiger partial charge < -0.3 is 0 Å². The largest absolute Gasteiger partial charge is 0.271 e. The van der Waals surface area contributed by atoms with Crippen LogP contribution < -0.4 is 11.3 Å². The van der Waals surface area contributed by atoms with Gasteiger partial charge in [0.25, 0.3) is 0 Å². The molecule has 108 valence electrons. The normalized spacial score (nSPS) is 29.0. The first-order valence-corrected chi connectivity index (χ1v) is 7.78. The maximum atomic E-state index is 5.80. The summed E-state index contributed by atoms with van der Waals surface area (Å²) >= 11 is 0. The van der Waals surface area contributed by atoms with Crippen molar-refractivity contribution < 1.29 is 0 Å². The molecule has 0 heterocycles. The summed E-state index contributed by atoms with van der Waals surface area (Å²) < 4.78 is 0. The molecule has 2 atom stereocenters. The van der Waals surface area contributed by atoms with Crippen LogP contribution in [-0.2, 0) is 0 Å². The van der Waals surface area contributed by atoms with Crippen molar-refractivity contribution in [1.29, 1.82) is 0 Å². The van der Waals surface area contributed by atoms with Crippen molar-refractivity contribution in [1.82, 2.24) is 5.43 Å². The Balaban J connectivity index is 2.41. The molecule has 0 amide bonds. The van der Waals surface area contributed by atoms with Crippen molar-refractivity contribution in [2.24, 2.45) is 29.0 Å². The van der Waals surface area contributed by atoms with Crippen LogP contribution in [0.1, 0.15) is 73.1 Å². The average molecular weight is 254 g/mol. The van der Waals surface area contributed by atoms with Crippen molar-refractivity contribution >= 4 is 0 Å². The molecule has 2 heteroatoms. The minimum absolute atomic E-state index is 0.430. The van der Waals surface area contributed by atoms with Gasteiger partial charge in [-0.05, 0) is 48.9 Å². The Kier molecular flexibility index (Phi) is 6.13. The average Bonchev–Trinajstić information content (AvgIpc) is 2.25. The van der Waals surface area contributed by atoms with Gasteiger partial charge in [-0.1, -0.05) is 47.5 Å². The van der Waals surface area contributed by atoms with E-state index >= 15 is 0 Å². The Bertz CT molecular complexity index is 224. The van der Waals surface area contributed by atoms with Gasteiger partial charge in [0, 0.05) is 6.04 Å². The Labute approximate surface area is 114 Å². The lowest BCUT2D eigenvalue weighted by Gasteiger charge is -2.34. The monoisotopic (exact) mass is 254 g/mol. The summed E-state index contributed by atoms with van der Waals surface area (Å²) in [5.41, 5.74) is 3.53. The standard InChI is InChI=1S/C16H34N2/c1-12-6-8-14(9-7-12)15(18-17)10-13(2)11-16(3,4)5/h12-15,18H,6-11,17H2,1-5H3. The molecule has 18 heavy (non-hydrogen) atoms. The third kappa shape index (κ3) is 5.71. The summed E-state index contributed by atoms with van der Waals surface area (Å²) in [6, 6.07) is 0.523. The highest BCUT2D eigenvalue weighted by molar-refractivity contribution is 4.82. The second-order valence-corrected chi connectivity index (χ2v) is 7.90. The molecule has 1 saturated carbocycles. The van der Waals surface area contributed by atoms with Gasteiger partial charge in [0.1, 0.15) is 0 Å². The molecule has 0 aliphatic heterocycles. The Morgan fingerprint density at radius 3 is 2.17 bits per heavy atom. The molecule has 0 aromatic rings. The van der Waals surface area contributed by atoms with Crippen LogP contribution in [0, 0.1) is 23.2 Å². The van der Waals surface area contributed by atoms with Crippen LogP contribution in [0.3, 0.4) is 0 Å². The van der Waals surface area contributed by atoms with Crippen LogP contribution in [0.5, 0.6) is 0 Å². The number of nitrogens with one attached hydrogen (secondary N) is 1. The third-order valence-electron chi connectivity index (χ3n) is 4.46. The maximum Gasteiger partial charge on any atom is 0.0241 e. The molecule has 1 aliphatic rings. The van der Waals surface area contributed by atoms with Crippen LogP contribution in [0.4, 0.5) is 0 Å². The Morgan fingerprint density at radius 1 is 1.17 bits per heavy atom. The van der Waals surface area contributed by atoms with E-state index in [1.54, 1.807) is 0 Å². The van der Waals surface area contributed by atoms with Crippen LogP contribution in [0.25, 0.3) is 0 Å². The molecule has 0 aromatic heterocycles. The van der Waals surface area contributed by atoms with E-state index in [-0.39, 0.29) is 0 Å². The summed E-state index contributed by atoms with van der Waals surface area (Å²) in [5, 5.41) is 0. The van der Waals surface area contributed by atoms with E-state index in [1.807, 2.05) is 0 Å². The van der Waals surface area contributed by atoms with Crippen molar-refractivity contribution in [3.8, 4) is 0 Å². The van der Waals surface area contributed by atoms with Gasteiger partial charge in [0.15, 0.2) is 0 Å². The lowest BCUT2D eigenvalue weighted by Crippen LogP contribution is -2.43. The number of hydrazine groups is 1. The Morgan fingerprint density at radius 2 is 1.72 bits per heavy atom. The van der Waals surface area contributed by atoms with Gasteiger partial charge in [-0.2, -0.15) is 0 Å². The number of hydrogen-bond donors (Lipinski definition) is 2. The summed E-state index contributed by atoms with van der Waals surface area (Å²) in [6.07, 6.45) is 8.00. The number of hydrogen-bond acceptors (Lipinski definition) is 2. The first kappa shape index (κ1) is 16.0. The third-order valence-corrected chi connectivity index (χ3v) is 4.46. The summed E-state index contributed by atoms with van der Waals surface area (Å²) in [6.45, 7) is 11.7. The molecule has 1 fully saturated rings. The second-order valence-electron chi connectivity index (χ2n) is 7.90. The predicted molar refractivity (Wildman–Crippen MR) is 80.1 cm³/mol. The molecule has 1 aliphatic carbocycles. The number of nitrogens with two attached hydrogens (primary N) is 1. The van der Waals surface area contributed by atoms with Gasteiger partial charge in [0.2, 0.25) is 0 Å². The zero-order valence-corrected chi connectivity index (χ0v) is 13.1. The molecular weight excluding hydrogens is 220 g/mol. The van der Waals surface area contributed by atoms with Crippen molar-refractivity contribution in [3.63, 3.8) is 0 Å². The Hall–Kier alpha value is -0.0800. The van der Waals surface area contributed by atoms with Gasteiger partial charge in [-0.15, -0.1) is 0 Å². The summed E-state index contributed by atoms with van der Waals surface area (Å²) in [4.78, 5) is 0. The SMILES string of the molecule is CC1CCC(C(CC(C)CC(C)(C)C)NN)CC1. The van der Waals surface area contributed by atoms with E-state index in [4.69, 9.17) is 5.84 Å². The van der Waals surface area contributed by atoms with Crippen LogP contribution in [-0.4, -0.2) is 6.04 Å². The van der Waals surface area contributed by atoms with Gasteiger partial charge in [-0.3, -0.25) is 11.3 Å². The van der Waals surface area contributed by atoms with Crippen LogP contribution in [0.2, 0.25) is 0 Å². The molecular formula is C16H34N2. The molecule has 2 unspecified atom stereocenters. The maximum absolute atomic E-state index is 5.80. The van der Waals surface area contributed by atoms with E-state index in [0.29, 0.717) is 11.5 Å². The van der Waals surface area contributed by atoms with Gasteiger partial charge in [-0.25, -0.2) is 0 Å². The fourth-order valence-corrected chi connectivity index (χ4v) is 3.65. The molecule has 2 nitrogen and oxygen atoms in total. The zero-order chi connectivity index (χ0) is 13.8. The van der Waals surface area contributed by atoms with Crippen LogP contribution >= 0.6 is 0 Å². The molecule has 0 aromatic carbocycles. The van der Waals surface area contributed by atoms with E-state index in [9.17, 15) is 0 Å². The van der Waals surface area contributed by atoms with E-state index in [2.05, 4.69) is 40.0 Å². The number of rotatable bonds is 5. The van der Waals surface area contributed by atoms with Crippen molar-refractivity contribution in [3.05, 3.63) is 0 Å². The molecule has 1 rings (SSSR count). The first-order valence-electron chi connectivity index (χ1n) is 7.78. The van der Waals surface area contributed by atoms with Crippen LogP contribution in [0.15, 0.2) is 0 Å². The highest BCUT2D eigenvalue weighted by Crippen LogP contribution is 2.34. The fourth-order valence-electron chi connectivity index (χ4n) is 3.65. The summed E-state index contributed by atoms with van der Waals surface area (Å²) in [7, 11) is 0. The fraction of sp³-hybridized carbons (Fsp3) is 1.00. The minimum Gasteiger partial charge on any atom is -0.271 e. The lowest BCUT2D eigenvalue weighted by atomic mass is 9.75. The highest BCUT2D eigenvalue weighted by atomic mass is 15.2. The molecule has 0 radical (unpaired) electrons. The molecule has 3 N–H and O–H groups in total. The molecule has 0 saturated heterocycles. The molecule has 0 spiro atoms. The first-order chi connectivity index (χ1) is 8.31. The van der Waals surface area contributed by atoms with Crippen molar-refractivity contribution in [2.75, 3.05) is 0 Å². The van der Waals surface area contributed by atoms with E-state index < -0.39 is 0 Å². The summed E-state index contributed by atoms with van der Waals surface area (Å²) in [5.74, 6) is 8.28. The topological polar surface area (TPSA) is 38.0 Å². The lowest BCUT2D eigenvalue weighted by molar-refractivity contribution is 0.192. The minimum atomic E-state index is 0.430. The quantitative estimate of drug-likeness (QED) is 0.572. The second kappa shape index (κ2) is 6.91. The van der Waals surface area contributed by atoms with E-state index in [1.165, 1.54) is 38.5 Å². The smallest absolute Gasteiger partial charge is 0.0241 e. The zero-order valence-electron chi connectivity index (χ0n) is 13.1. The predicted octanol–water partition coefficient (Wildman–Crippen LogP) is 4.11. The van der Waals surface area contributed by atoms with E-state index in [0.717, 1.165) is 17.8 Å². The van der Waals surface area contributed by atoms with Crippen molar-refractivity contribution in [2.45, 2.75) is 79.2 Å². The van der Waals surface area contributed by atoms with Gasteiger partial charge >= 0.3 is 0 Å². The highest BCUT2D eigenvalue weighted by Gasteiger charge is 2.27. The molecule has 0 bridgehead atoms. The van der Waals surface area contributed by atoms with Gasteiger partial charge in [0.05, 0.1) is 0 Å².